The van der Waals surface area contributed by atoms with Crippen molar-refractivity contribution in [1.29, 1.82) is 0 Å². The molecule has 1 fully saturated rings. The van der Waals surface area contributed by atoms with Gasteiger partial charge >= 0.3 is 5.97 Å². The number of nitrogens with zero attached hydrogens (tertiary/aromatic N) is 2. The van der Waals surface area contributed by atoms with Crippen LogP contribution >= 0.6 is 0 Å². The first kappa shape index (κ1) is 11.8. The molecule has 1 aromatic heterocycles. The Morgan fingerprint density at radius 1 is 1.35 bits per heavy atom. The number of carboxylic acids is 1. The Labute approximate surface area is 97.5 Å². The molecule has 17 heavy (non-hydrogen) atoms. The maximum Gasteiger partial charge on any atom is 0.356 e. The summed E-state index contributed by atoms with van der Waals surface area (Å²) >= 11 is 0. The van der Waals surface area contributed by atoms with Gasteiger partial charge in [-0.3, -0.25) is 4.79 Å². The zero-order valence-electron chi connectivity index (χ0n) is 9.24. The predicted octanol–water partition coefficient (Wildman–Crippen LogP) is 0.418. The van der Waals surface area contributed by atoms with Crippen LogP contribution in [0.1, 0.15) is 42.2 Å². The van der Waals surface area contributed by atoms with Gasteiger partial charge in [0.25, 0.3) is 5.56 Å². The van der Waals surface area contributed by atoms with E-state index in [1.165, 1.54) is 12.1 Å². The number of hydrogen-bond donors (Lipinski definition) is 2. The van der Waals surface area contributed by atoms with E-state index in [9.17, 15) is 14.7 Å². The van der Waals surface area contributed by atoms with Crippen LogP contribution in [0.2, 0.25) is 0 Å². The fourth-order valence-corrected chi connectivity index (χ4v) is 2.15. The molecule has 2 N–H and O–H groups in total. The summed E-state index contributed by atoms with van der Waals surface area (Å²) in [5.74, 6) is -1.18. The first-order chi connectivity index (χ1) is 8.09. The monoisotopic (exact) mass is 238 g/mol. The second-order valence-corrected chi connectivity index (χ2v) is 4.23. The third-order valence-corrected chi connectivity index (χ3v) is 3.05. The Morgan fingerprint density at radius 2 is 2.06 bits per heavy atom. The van der Waals surface area contributed by atoms with Crippen LogP contribution < -0.4 is 5.56 Å². The highest BCUT2D eigenvalue weighted by Gasteiger charge is 2.26. The Balaban J connectivity index is 2.39. The van der Waals surface area contributed by atoms with Crippen molar-refractivity contribution in [2.45, 2.75) is 37.8 Å². The lowest BCUT2D eigenvalue weighted by atomic mass is 9.93. The SMILES string of the molecule is O=C(O)c1ccc(=O)n(C2CCCCC2O)n1. The molecule has 6 heteroatoms. The molecule has 0 saturated heterocycles. The van der Waals surface area contributed by atoms with Gasteiger partial charge < -0.3 is 10.2 Å². The molecule has 0 radical (unpaired) electrons. The zero-order chi connectivity index (χ0) is 12.4. The molecule has 2 atom stereocenters. The van der Waals surface area contributed by atoms with Gasteiger partial charge in [0.05, 0.1) is 12.1 Å². The van der Waals surface area contributed by atoms with Crippen molar-refractivity contribution in [3.8, 4) is 0 Å². The van der Waals surface area contributed by atoms with Gasteiger partial charge in [-0.1, -0.05) is 12.8 Å². The number of carboxylic acid groups (broad SMARTS) is 1. The molecule has 1 aliphatic rings. The molecule has 0 spiro atoms. The first-order valence-electron chi connectivity index (χ1n) is 5.61. The fourth-order valence-electron chi connectivity index (χ4n) is 2.15. The van der Waals surface area contributed by atoms with Gasteiger partial charge in [0.1, 0.15) is 0 Å². The van der Waals surface area contributed by atoms with Crippen molar-refractivity contribution < 1.29 is 15.0 Å². The molecule has 0 amide bonds. The Kier molecular flexibility index (Phi) is 3.23. The largest absolute Gasteiger partial charge is 0.476 e. The van der Waals surface area contributed by atoms with Crippen LogP contribution in [0.25, 0.3) is 0 Å². The second-order valence-electron chi connectivity index (χ2n) is 4.23. The fraction of sp³-hybridized carbons (Fsp3) is 0.545. The maximum atomic E-state index is 11.6. The summed E-state index contributed by atoms with van der Waals surface area (Å²) < 4.78 is 1.10. The van der Waals surface area contributed by atoms with Gasteiger partial charge in [-0.2, -0.15) is 5.10 Å². The Hall–Kier alpha value is -1.69. The quantitative estimate of drug-likeness (QED) is 0.778. The number of aromatic nitrogens is 2. The smallest absolute Gasteiger partial charge is 0.356 e. The van der Waals surface area contributed by atoms with E-state index in [-0.39, 0.29) is 11.3 Å². The van der Waals surface area contributed by atoms with Crippen LogP contribution in [-0.2, 0) is 0 Å². The molecule has 2 rings (SSSR count). The number of aliphatic hydroxyl groups is 1. The van der Waals surface area contributed by atoms with E-state index in [0.717, 1.165) is 17.5 Å². The number of carbonyl (C=O) groups is 1. The third kappa shape index (κ3) is 2.36. The van der Waals surface area contributed by atoms with Gasteiger partial charge in [0.15, 0.2) is 5.69 Å². The van der Waals surface area contributed by atoms with Gasteiger partial charge in [0.2, 0.25) is 0 Å². The molecule has 0 bridgehead atoms. The maximum absolute atomic E-state index is 11.6. The van der Waals surface area contributed by atoms with Crippen molar-refractivity contribution in [1.82, 2.24) is 9.78 Å². The number of aliphatic hydroxyl groups excluding tert-OH is 1. The highest BCUT2D eigenvalue weighted by atomic mass is 16.4. The number of hydrogen-bond acceptors (Lipinski definition) is 4. The van der Waals surface area contributed by atoms with Crippen LogP contribution in [0.4, 0.5) is 0 Å². The number of rotatable bonds is 2. The Morgan fingerprint density at radius 3 is 2.71 bits per heavy atom. The van der Waals surface area contributed by atoms with Crippen molar-refractivity contribution in [3.63, 3.8) is 0 Å². The van der Waals surface area contributed by atoms with Crippen molar-refractivity contribution in [2.24, 2.45) is 0 Å². The minimum Gasteiger partial charge on any atom is -0.476 e. The molecule has 92 valence electrons. The minimum atomic E-state index is -1.18. The molecular formula is C11H14N2O4. The summed E-state index contributed by atoms with van der Waals surface area (Å²) in [6.45, 7) is 0. The van der Waals surface area contributed by atoms with Crippen molar-refractivity contribution >= 4 is 5.97 Å². The lowest BCUT2D eigenvalue weighted by Gasteiger charge is -2.28. The first-order valence-corrected chi connectivity index (χ1v) is 5.61. The van der Waals surface area contributed by atoms with E-state index < -0.39 is 18.1 Å². The van der Waals surface area contributed by atoms with E-state index in [2.05, 4.69) is 5.10 Å². The zero-order valence-corrected chi connectivity index (χ0v) is 9.24. The summed E-state index contributed by atoms with van der Waals surface area (Å²) in [4.78, 5) is 22.4. The number of aromatic carboxylic acids is 1. The third-order valence-electron chi connectivity index (χ3n) is 3.05. The highest BCUT2D eigenvalue weighted by molar-refractivity contribution is 5.84. The minimum absolute atomic E-state index is 0.178. The summed E-state index contributed by atoms with van der Waals surface area (Å²) in [7, 11) is 0. The molecule has 1 aliphatic carbocycles. The summed E-state index contributed by atoms with van der Waals surface area (Å²) in [6, 6.07) is 1.95. The van der Waals surface area contributed by atoms with E-state index in [0.29, 0.717) is 12.8 Å². The lowest BCUT2D eigenvalue weighted by molar-refractivity contribution is 0.0618. The topological polar surface area (TPSA) is 92.4 Å². The van der Waals surface area contributed by atoms with Crippen LogP contribution in [-0.4, -0.2) is 32.1 Å². The summed E-state index contributed by atoms with van der Waals surface area (Å²) in [5.41, 5.74) is -0.552. The lowest BCUT2D eigenvalue weighted by Crippen LogP contribution is -2.36. The molecular weight excluding hydrogens is 224 g/mol. The van der Waals surface area contributed by atoms with Crippen LogP contribution in [0.15, 0.2) is 16.9 Å². The molecule has 1 heterocycles. The highest BCUT2D eigenvalue weighted by Crippen LogP contribution is 2.26. The van der Waals surface area contributed by atoms with E-state index in [4.69, 9.17) is 5.11 Å². The molecule has 2 unspecified atom stereocenters. The van der Waals surface area contributed by atoms with Crippen LogP contribution in [0.5, 0.6) is 0 Å². The molecule has 1 saturated carbocycles. The molecule has 1 aromatic rings. The van der Waals surface area contributed by atoms with Crippen LogP contribution in [0, 0.1) is 0 Å². The normalized spacial score (nSPS) is 24.5. The molecule has 6 nitrogen and oxygen atoms in total. The molecule has 0 aliphatic heterocycles. The summed E-state index contributed by atoms with van der Waals surface area (Å²) in [5, 5.41) is 22.4. The van der Waals surface area contributed by atoms with Crippen molar-refractivity contribution in [3.05, 3.63) is 28.2 Å². The Bertz CT molecular complexity index is 483. The average molecular weight is 238 g/mol. The predicted molar refractivity (Wildman–Crippen MR) is 59.0 cm³/mol. The van der Waals surface area contributed by atoms with Crippen molar-refractivity contribution in [2.75, 3.05) is 0 Å². The second kappa shape index (κ2) is 4.67. The van der Waals surface area contributed by atoms with Gasteiger partial charge in [-0.25, -0.2) is 9.48 Å². The van der Waals surface area contributed by atoms with Gasteiger partial charge in [0, 0.05) is 6.07 Å². The standard InChI is InChI=1S/C11H14N2O4/c14-9-4-2-1-3-8(9)13-10(15)6-5-7(12-13)11(16)17/h5-6,8-9,14H,1-4H2,(H,16,17). The van der Waals surface area contributed by atoms with Crippen LogP contribution in [0.3, 0.4) is 0 Å². The summed E-state index contributed by atoms with van der Waals surface area (Å²) in [6.07, 6.45) is 2.48. The van der Waals surface area contributed by atoms with E-state index in [1.54, 1.807) is 0 Å². The molecule has 0 aromatic carbocycles. The average Bonchev–Trinajstić information content (AvgIpc) is 2.30. The van der Waals surface area contributed by atoms with Gasteiger partial charge in [-0.05, 0) is 18.9 Å². The van der Waals surface area contributed by atoms with E-state index in [1.807, 2.05) is 0 Å². The van der Waals surface area contributed by atoms with Gasteiger partial charge in [-0.15, -0.1) is 0 Å². The van der Waals surface area contributed by atoms with E-state index >= 15 is 0 Å².